The highest BCUT2D eigenvalue weighted by atomic mass is 16.6. The van der Waals surface area contributed by atoms with Gasteiger partial charge in [-0.15, -0.1) is 0 Å². The van der Waals surface area contributed by atoms with Crippen LogP contribution in [0.3, 0.4) is 0 Å². The molecule has 2 aliphatic rings. The number of alkyl carbamates (subject to hydrolysis) is 1. The number of esters is 3. The van der Waals surface area contributed by atoms with E-state index in [1.807, 2.05) is 48.5 Å². The fraction of sp³-hybridized carbons (Fsp3) is 0.424. The number of carboxylic acids is 1. The number of ether oxygens (including phenoxy) is 5. The fourth-order valence-electron chi connectivity index (χ4n) is 5.84. The molecule has 16 nitrogen and oxygen atoms in total. The second-order valence-corrected chi connectivity index (χ2v) is 11.4. The second-order valence-electron chi connectivity index (χ2n) is 11.4. The third kappa shape index (κ3) is 9.31. The third-order valence-corrected chi connectivity index (χ3v) is 7.74. The lowest BCUT2D eigenvalue weighted by molar-refractivity contribution is -0.228. The lowest BCUT2D eigenvalue weighted by Gasteiger charge is -2.45. The number of hydrogen-bond donors (Lipinski definition) is 4. The summed E-state index contributed by atoms with van der Waals surface area (Å²) in [7, 11) is 0. The summed E-state index contributed by atoms with van der Waals surface area (Å²) in [5.74, 6) is -5.83. The summed E-state index contributed by atoms with van der Waals surface area (Å²) in [6.07, 6.45) is -7.55. The summed E-state index contributed by atoms with van der Waals surface area (Å²) in [5.41, 5.74) is 3.89. The number of rotatable bonds is 12. The zero-order valence-electron chi connectivity index (χ0n) is 27.1. The molecule has 0 bridgehead atoms. The third-order valence-electron chi connectivity index (χ3n) is 7.74. The van der Waals surface area contributed by atoms with E-state index in [0.717, 1.165) is 49.9 Å². The Kier molecular flexibility index (Phi) is 11.9. The molecule has 16 heteroatoms. The SMILES string of the molecule is CC(=O)N[C@@H]1[C@@H](OC(C)=O)[C@H](OC(C)=O)[C@@H](COC(C)=O)O[C@H]1NC(=O)C[C@H](NC(=O)OCC1c2ccccc2-c2ccccc21)C(=O)O. The van der Waals surface area contributed by atoms with E-state index in [1.165, 1.54) is 0 Å². The molecule has 49 heavy (non-hydrogen) atoms. The summed E-state index contributed by atoms with van der Waals surface area (Å²) in [6.45, 7) is 3.77. The first kappa shape index (κ1) is 36.3. The highest BCUT2D eigenvalue weighted by Crippen LogP contribution is 2.44. The zero-order valence-corrected chi connectivity index (χ0v) is 27.1. The maximum Gasteiger partial charge on any atom is 0.407 e. The van der Waals surface area contributed by atoms with Gasteiger partial charge >= 0.3 is 30.0 Å². The van der Waals surface area contributed by atoms with Gasteiger partial charge in [0.05, 0.1) is 6.42 Å². The molecule has 4 rings (SSSR count). The number of carbonyl (C=O) groups is 7. The molecule has 2 aromatic rings. The van der Waals surface area contributed by atoms with E-state index in [-0.39, 0.29) is 12.5 Å². The number of amides is 3. The largest absolute Gasteiger partial charge is 0.480 e. The topological polar surface area (TPSA) is 222 Å². The number of carboxylic acid groups (broad SMARTS) is 1. The number of fused-ring (bicyclic) bond motifs is 3. The number of carbonyl (C=O) groups excluding carboxylic acids is 6. The Hall–Kier alpha value is -5.51. The predicted molar refractivity (Wildman–Crippen MR) is 166 cm³/mol. The fourth-order valence-corrected chi connectivity index (χ4v) is 5.84. The molecule has 1 aliphatic carbocycles. The molecule has 0 saturated carbocycles. The molecule has 0 unspecified atom stereocenters. The van der Waals surface area contributed by atoms with E-state index in [4.69, 9.17) is 23.7 Å². The Morgan fingerprint density at radius 3 is 1.86 bits per heavy atom. The average Bonchev–Trinajstić information content (AvgIpc) is 3.34. The van der Waals surface area contributed by atoms with Gasteiger partial charge in [-0.3, -0.25) is 24.0 Å². The van der Waals surface area contributed by atoms with E-state index < -0.39 is 91.4 Å². The predicted octanol–water partition coefficient (Wildman–Crippen LogP) is 1.14. The Morgan fingerprint density at radius 1 is 0.755 bits per heavy atom. The minimum atomic E-state index is -1.76. The minimum Gasteiger partial charge on any atom is -0.480 e. The van der Waals surface area contributed by atoms with Crippen LogP contribution < -0.4 is 16.0 Å². The monoisotopic (exact) mass is 683 g/mol. The van der Waals surface area contributed by atoms with Crippen molar-refractivity contribution in [1.29, 1.82) is 0 Å². The van der Waals surface area contributed by atoms with Crippen molar-refractivity contribution in [3.63, 3.8) is 0 Å². The molecule has 0 aromatic heterocycles. The van der Waals surface area contributed by atoms with Gasteiger partial charge in [-0.25, -0.2) is 9.59 Å². The van der Waals surface area contributed by atoms with Crippen LogP contribution in [0.25, 0.3) is 11.1 Å². The molecule has 0 radical (unpaired) electrons. The second kappa shape index (κ2) is 16.1. The molecule has 1 fully saturated rings. The molecule has 1 heterocycles. The molecule has 3 amide bonds. The van der Waals surface area contributed by atoms with Crippen LogP contribution in [-0.2, 0) is 52.5 Å². The summed E-state index contributed by atoms with van der Waals surface area (Å²) in [4.78, 5) is 85.8. The van der Waals surface area contributed by atoms with E-state index in [1.54, 1.807) is 0 Å². The van der Waals surface area contributed by atoms with Crippen LogP contribution in [0.1, 0.15) is 51.2 Å². The van der Waals surface area contributed by atoms with Crippen molar-refractivity contribution in [2.75, 3.05) is 13.2 Å². The van der Waals surface area contributed by atoms with E-state index in [9.17, 15) is 38.7 Å². The van der Waals surface area contributed by atoms with E-state index in [0.29, 0.717) is 0 Å². The standard InChI is InChI=1S/C33H37N3O13/c1-16(37)34-28-30(48-19(4)40)29(47-18(3)39)26(15-45-17(2)38)49-31(28)36-27(41)13-25(32(42)43)35-33(44)46-14-24-22-11-7-5-9-20(22)21-10-6-8-12-23(21)24/h5-12,24-26,28-31H,13-15H2,1-4H3,(H,34,37)(H,35,44)(H,36,41)(H,42,43)/t25-,26+,28+,29+,30+,31+/m0/s1. The maximum absolute atomic E-state index is 13.2. The van der Waals surface area contributed by atoms with Crippen molar-refractivity contribution in [2.24, 2.45) is 0 Å². The number of benzene rings is 2. The lowest BCUT2D eigenvalue weighted by Crippen LogP contribution is -2.69. The van der Waals surface area contributed by atoms with Crippen LogP contribution in [0.15, 0.2) is 48.5 Å². The maximum atomic E-state index is 13.2. The highest BCUT2D eigenvalue weighted by Gasteiger charge is 2.51. The summed E-state index contributed by atoms with van der Waals surface area (Å²) in [6, 6.07) is 12.2. The van der Waals surface area contributed by atoms with Gasteiger partial charge in [0.25, 0.3) is 0 Å². The molecule has 2 aromatic carbocycles. The number of nitrogens with one attached hydrogen (secondary N) is 3. The molecule has 0 spiro atoms. The van der Waals surface area contributed by atoms with Crippen LogP contribution in [0.5, 0.6) is 0 Å². The summed E-state index contributed by atoms with van der Waals surface area (Å²) < 4.78 is 27.0. The first-order chi connectivity index (χ1) is 23.2. The molecule has 262 valence electrons. The van der Waals surface area contributed by atoms with Gasteiger partial charge in [-0.05, 0) is 22.3 Å². The highest BCUT2D eigenvalue weighted by molar-refractivity contribution is 5.87. The Bertz CT molecular complexity index is 1570. The van der Waals surface area contributed by atoms with Crippen LogP contribution in [0.2, 0.25) is 0 Å². The first-order valence-electron chi connectivity index (χ1n) is 15.3. The van der Waals surface area contributed by atoms with Crippen molar-refractivity contribution < 1.29 is 62.4 Å². The smallest absolute Gasteiger partial charge is 0.407 e. The molecular formula is C33H37N3O13. The van der Waals surface area contributed by atoms with Crippen molar-refractivity contribution >= 4 is 41.8 Å². The minimum absolute atomic E-state index is 0.0997. The Balaban J connectivity index is 1.46. The number of aliphatic carboxylic acids is 1. The van der Waals surface area contributed by atoms with Crippen LogP contribution in [0, 0.1) is 0 Å². The zero-order chi connectivity index (χ0) is 35.8. The normalized spacial score (nSPS) is 21.5. The molecule has 6 atom stereocenters. The van der Waals surface area contributed by atoms with E-state index in [2.05, 4.69) is 16.0 Å². The van der Waals surface area contributed by atoms with Gasteiger partial charge in [0, 0.05) is 33.6 Å². The Morgan fingerprint density at radius 2 is 1.33 bits per heavy atom. The first-order valence-corrected chi connectivity index (χ1v) is 15.3. The van der Waals surface area contributed by atoms with Gasteiger partial charge < -0.3 is 44.7 Å². The van der Waals surface area contributed by atoms with Crippen molar-refractivity contribution in [2.45, 2.75) is 76.7 Å². The van der Waals surface area contributed by atoms with Crippen LogP contribution in [-0.4, -0.2) is 96.7 Å². The average molecular weight is 684 g/mol. The molecule has 1 aliphatic heterocycles. The molecular weight excluding hydrogens is 646 g/mol. The van der Waals surface area contributed by atoms with Crippen LogP contribution in [0.4, 0.5) is 4.79 Å². The molecule has 4 N–H and O–H groups in total. The molecule has 1 saturated heterocycles. The quantitative estimate of drug-likeness (QED) is 0.182. The van der Waals surface area contributed by atoms with Crippen molar-refractivity contribution in [3.05, 3.63) is 59.7 Å². The Labute approximate surface area is 280 Å². The number of hydrogen-bond acceptors (Lipinski definition) is 12. The van der Waals surface area contributed by atoms with Crippen molar-refractivity contribution in [3.8, 4) is 11.1 Å². The summed E-state index contributed by atoms with van der Waals surface area (Å²) >= 11 is 0. The van der Waals surface area contributed by atoms with Gasteiger partial charge in [-0.1, -0.05) is 48.5 Å². The van der Waals surface area contributed by atoms with Crippen molar-refractivity contribution in [1.82, 2.24) is 16.0 Å². The van der Waals surface area contributed by atoms with Crippen LogP contribution >= 0.6 is 0 Å². The van der Waals surface area contributed by atoms with Gasteiger partial charge in [0.1, 0.15) is 31.4 Å². The summed E-state index contributed by atoms with van der Waals surface area (Å²) in [5, 5.41) is 16.9. The van der Waals surface area contributed by atoms with Gasteiger partial charge in [-0.2, -0.15) is 0 Å². The van der Waals surface area contributed by atoms with E-state index >= 15 is 0 Å². The van der Waals surface area contributed by atoms with Gasteiger partial charge in [0.15, 0.2) is 18.4 Å². The lowest BCUT2D eigenvalue weighted by atomic mass is 9.95. The van der Waals surface area contributed by atoms with Gasteiger partial charge in [0.2, 0.25) is 11.8 Å².